The molecular formula is C29H28N2O4. The number of nitrogens with zero attached hydrogens (tertiary/aromatic N) is 2. The first-order valence-corrected chi connectivity index (χ1v) is 11.4. The summed E-state index contributed by atoms with van der Waals surface area (Å²) in [7, 11) is 0. The third kappa shape index (κ3) is 6.60. The van der Waals surface area contributed by atoms with Crippen molar-refractivity contribution in [2.45, 2.75) is 20.4 Å². The summed E-state index contributed by atoms with van der Waals surface area (Å²) in [6.45, 7) is 4.68. The van der Waals surface area contributed by atoms with Crippen LogP contribution >= 0.6 is 0 Å². The second-order valence-corrected chi connectivity index (χ2v) is 8.31. The Labute approximate surface area is 205 Å². The molecule has 0 saturated carbocycles. The normalized spacial score (nSPS) is 11.3. The Morgan fingerprint density at radius 3 is 2.31 bits per heavy atom. The lowest BCUT2D eigenvalue weighted by Gasteiger charge is -2.12. The third-order valence-electron chi connectivity index (χ3n) is 5.57. The van der Waals surface area contributed by atoms with Crippen LogP contribution in [0.5, 0.6) is 11.5 Å². The number of ether oxygens (including phenoxy) is 2. The van der Waals surface area contributed by atoms with E-state index in [-0.39, 0.29) is 6.61 Å². The Morgan fingerprint density at radius 1 is 0.971 bits per heavy atom. The van der Waals surface area contributed by atoms with Gasteiger partial charge < -0.3 is 14.6 Å². The first-order valence-electron chi connectivity index (χ1n) is 11.4. The van der Waals surface area contributed by atoms with Gasteiger partial charge in [-0.25, -0.2) is 4.79 Å². The average Bonchev–Trinajstić information content (AvgIpc) is 3.36. The number of aromatic nitrogens is 2. The number of rotatable bonds is 10. The molecule has 0 aliphatic rings. The molecule has 6 nitrogen and oxygen atoms in total. The lowest BCUT2D eigenvalue weighted by molar-refractivity contribution is -0.139. The van der Waals surface area contributed by atoms with Crippen LogP contribution in [0.4, 0.5) is 0 Å². The third-order valence-corrected chi connectivity index (χ3v) is 5.57. The highest BCUT2D eigenvalue weighted by Crippen LogP contribution is 2.26. The van der Waals surface area contributed by atoms with Crippen molar-refractivity contribution < 1.29 is 19.4 Å². The van der Waals surface area contributed by atoms with Crippen LogP contribution in [0.1, 0.15) is 27.8 Å². The second-order valence-electron chi connectivity index (χ2n) is 8.31. The molecule has 0 saturated heterocycles. The lowest BCUT2D eigenvalue weighted by Crippen LogP contribution is -2.10. The van der Waals surface area contributed by atoms with Crippen LogP contribution in [0.3, 0.4) is 0 Å². The molecule has 1 N–H and O–H groups in total. The number of carboxylic acid groups (broad SMARTS) is 1. The highest BCUT2D eigenvalue weighted by atomic mass is 16.5. The van der Waals surface area contributed by atoms with E-state index in [1.54, 1.807) is 18.3 Å². The van der Waals surface area contributed by atoms with Crippen LogP contribution < -0.4 is 9.47 Å². The van der Waals surface area contributed by atoms with Crippen LogP contribution in [0, 0.1) is 13.8 Å². The lowest BCUT2D eigenvalue weighted by atomic mass is 9.96. The minimum Gasteiger partial charge on any atom is -0.489 e. The molecule has 0 unspecified atom stereocenters. The van der Waals surface area contributed by atoms with Crippen molar-refractivity contribution in [3.63, 3.8) is 0 Å². The van der Waals surface area contributed by atoms with Gasteiger partial charge in [-0.1, -0.05) is 54.1 Å². The molecule has 0 atom stereocenters. The van der Waals surface area contributed by atoms with Gasteiger partial charge in [-0.3, -0.25) is 4.68 Å². The zero-order valence-corrected chi connectivity index (χ0v) is 19.8. The maximum absolute atomic E-state index is 10.7. The number of aliphatic carboxylic acids is 1. The summed E-state index contributed by atoms with van der Waals surface area (Å²) in [5.74, 6) is 0.220. The molecule has 0 aliphatic carbocycles. The average molecular weight is 469 g/mol. The van der Waals surface area contributed by atoms with Crippen molar-refractivity contribution in [2.75, 3.05) is 13.2 Å². The topological polar surface area (TPSA) is 73.6 Å². The van der Waals surface area contributed by atoms with Gasteiger partial charge in [0.1, 0.15) is 18.1 Å². The molecule has 0 spiro atoms. The highest BCUT2D eigenvalue weighted by Gasteiger charge is 2.08. The number of carboxylic acids is 1. The molecule has 4 aromatic rings. The molecule has 0 bridgehead atoms. The van der Waals surface area contributed by atoms with E-state index in [0.717, 1.165) is 28.8 Å². The van der Waals surface area contributed by atoms with E-state index < -0.39 is 5.97 Å². The van der Waals surface area contributed by atoms with Crippen molar-refractivity contribution in [2.24, 2.45) is 0 Å². The maximum atomic E-state index is 10.7. The Hall–Kier alpha value is -4.32. The van der Waals surface area contributed by atoms with Gasteiger partial charge in [-0.2, -0.15) is 5.10 Å². The zero-order chi connectivity index (χ0) is 24.6. The number of benzene rings is 3. The van der Waals surface area contributed by atoms with Crippen LogP contribution in [0.25, 0.3) is 5.57 Å². The Bertz CT molecular complexity index is 1290. The van der Waals surface area contributed by atoms with Gasteiger partial charge in [0, 0.05) is 12.4 Å². The van der Waals surface area contributed by atoms with E-state index in [0.29, 0.717) is 18.1 Å². The molecule has 4 rings (SSSR count). The molecule has 0 aliphatic heterocycles. The maximum Gasteiger partial charge on any atom is 0.341 e. The predicted molar refractivity (Wildman–Crippen MR) is 136 cm³/mol. The summed E-state index contributed by atoms with van der Waals surface area (Å²) in [4.78, 5) is 10.7. The largest absolute Gasteiger partial charge is 0.489 e. The molecule has 178 valence electrons. The first kappa shape index (κ1) is 23.8. The van der Waals surface area contributed by atoms with Crippen molar-refractivity contribution in [3.8, 4) is 11.5 Å². The number of carbonyl (C=O) groups is 1. The molecular weight excluding hydrogens is 440 g/mol. The summed E-state index contributed by atoms with van der Waals surface area (Å²) >= 11 is 0. The molecule has 0 radical (unpaired) electrons. The zero-order valence-electron chi connectivity index (χ0n) is 19.8. The van der Waals surface area contributed by atoms with Gasteiger partial charge >= 0.3 is 5.97 Å². The van der Waals surface area contributed by atoms with E-state index in [9.17, 15) is 4.79 Å². The standard InChI is InChI=1S/C29H28N2O4/c1-21-4-8-24(9-5-21)27(25-10-6-23(7-11-25)19-31-16-3-15-30-31)14-17-34-26-12-13-28(22(2)18-26)35-20-29(32)33/h3-16,18H,17,19-20H2,1-2H3,(H,32,33)/b27-14-. The van der Waals surface area contributed by atoms with Gasteiger partial charge in [-0.15, -0.1) is 0 Å². The summed E-state index contributed by atoms with van der Waals surface area (Å²) in [6, 6.07) is 24.3. The summed E-state index contributed by atoms with van der Waals surface area (Å²) in [6.07, 6.45) is 5.82. The molecule has 0 amide bonds. The van der Waals surface area contributed by atoms with E-state index in [1.165, 1.54) is 11.1 Å². The molecule has 6 heteroatoms. The number of aryl methyl sites for hydroxylation is 2. The second kappa shape index (κ2) is 11.2. The van der Waals surface area contributed by atoms with E-state index in [2.05, 4.69) is 66.6 Å². The van der Waals surface area contributed by atoms with Gasteiger partial charge in [0.2, 0.25) is 0 Å². The quantitative estimate of drug-likeness (QED) is 0.332. The fourth-order valence-corrected chi connectivity index (χ4v) is 3.74. The fraction of sp³-hybridized carbons (Fsp3) is 0.172. The Morgan fingerprint density at radius 2 is 1.69 bits per heavy atom. The number of hydrogen-bond donors (Lipinski definition) is 1. The fourth-order valence-electron chi connectivity index (χ4n) is 3.74. The van der Waals surface area contributed by atoms with Crippen LogP contribution in [-0.4, -0.2) is 34.1 Å². The smallest absolute Gasteiger partial charge is 0.341 e. The van der Waals surface area contributed by atoms with Gasteiger partial charge in [-0.05, 0) is 72.0 Å². The molecule has 3 aromatic carbocycles. The predicted octanol–water partition coefficient (Wildman–Crippen LogP) is 5.52. The molecule has 1 aromatic heterocycles. The monoisotopic (exact) mass is 468 g/mol. The minimum absolute atomic E-state index is 0.371. The summed E-state index contributed by atoms with van der Waals surface area (Å²) in [5.41, 5.74) is 6.52. The minimum atomic E-state index is -1.01. The summed E-state index contributed by atoms with van der Waals surface area (Å²) < 4.78 is 13.2. The van der Waals surface area contributed by atoms with Crippen molar-refractivity contribution >= 4 is 11.5 Å². The molecule has 1 heterocycles. The van der Waals surface area contributed by atoms with E-state index >= 15 is 0 Å². The Kier molecular flexibility index (Phi) is 7.63. The summed E-state index contributed by atoms with van der Waals surface area (Å²) in [5, 5.41) is 13.1. The van der Waals surface area contributed by atoms with Gasteiger partial charge in [0.05, 0.1) is 6.54 Å². The highest BCUT2D eigenvalue weighted by molar-refractivity contribution is 5.80. The van der Waals surface area contributed by atoms with Crippen molar-refractivity contribution in [3.05, 3.63) is 119 Å². The van der Waals surface area contributed by atoms with Crippen LogP contribution in [-0.2, 0) is 11.3 Å². The molecule has 0 fully saturated rings. The SMILES string of the molecule is Cc1ccc(/C(=C/COc2ccc(OCC(=O)O)c(C)c2)c2ccc(Cn3cccn3)cc2)cc1. The van der Waals surface area contributed by atoms with Crippen molar-refractivity contribution in [1.29, 1.82) is 0 Å². The number of hydrogen-bond acceptors (Lipinski definition) is 4. The van der Waals surface area contributed by atoms with E-state index in [1.807, 2.05) is 29.9 Å². The van der Waals surface area contributed by atoms with E-state index in [4.69, 9.17) is 14.6 Å². The molecule has 35 heavy (non-hydrogen) atoms. The first-order chi connectivity index (χ1) is 17.0. The van der Waals surface area contributed by atoms with Crippen LogP contribution in [0.15, 0.2) is 91.3 Å². The van der Waals surface area contributed by atoms with Crippen LogP contribution in [0.2, 0.25) is 0 Å². The van der Waals surface area contributed by atoms with Gasteiger partial charge in [0.15, 0.2) is 6.61 Å². The Balaban J connectivity index is 1.51. The van der Waals surface area contributed by atoms with Crippen molar-refractivity contribution in [1.82, 2.24) is 9.78 Å². The van der Waals surface area contributed by atoms with Gasteiger partial charge in [0.25, 0.3) is 0 Å².